The summed E-state index contributed by atoms with van der Waals surface area (Å²) < 4.78 is 19.2. The average molecular weight is 417 g/mol. The Labute approximate surface area is 171 Å². The number of aliphatic hydroxyl groups is 1. The van der Waals surface area contributed by atoms with Gasteiger partial charge in [-0.1, -0.05) is 11.8 Å². The van der Waals surface area contributed by atoms with E-state index in [2.05, 4.69) is 16.8 Å². The van der Waals surface area contributed by atoms with Gasteiger partial charge in [0.2, 0.25) is 0 Å². The third-order valence-corrected chi connectivity index (χ3v) is 5.77. The van der Waals surface area contributed by atoms with E-state index in [4.69, 9.17) is 10.5 Å². The van der Waals surface area contributed by atoms with Crippen molar-refractivity contribution in [3.63, 3.8) is 0 Å². The fourth-order valence-corrected chi connectivity index (χ4v) is 3.78. The molecule has 1 aromatic carbocycles. The fourth-order valence-electron chi connectivity index (χ4n) is 2.78. The molecule has 1 aliphatic heterocycles. The summed E-state index contributed by atoms with van der Waals surface area (Å²) in [6, 6.07) is 5.01. The molecule has 3 N–H and O–H groups in total. The Hall–Kier alpha value is -2.96. The van der Waals surface area contributed by atoms with Crippen LogP contribution in [0.4, 0.5) is 4.39 Å². The van der Waals surface area contributed by atoms with Crippen molar-refractivity contribution in [3.8, 4) is 28.8 Å². The molecule has 9 heteroatoms. The maximum Gasteiger partial charge on any atom is 0.277 e. The quantitative estimate of drug-likeness (QED) is 0.735. The summed E-state index contributed by atoms with van der Waals surface area (Å²) in [5.74, 6) is 4.05. The largest absolute Gasteiger partial charge is 0.492 e. The molecule has 2 aromatic rings. The van der Waals surface area contributed by atoms with Crippen molar-refractivity contribution >= 4 is 23.2 Å². The van der Waals surface area contributed by atoms with Crippen LogP contribution in [0.1, 0.15) is 33.1 Å². The smallest absolute Gasteiger partial charge is 0.277 e. The number of likely N-dealkylation sites (N-methyl/N-ethyl adjacent to an activating group) is 1. The van der Waals surface area contributed by atoms with Crippen molar-refractivity contribution < 1.29 is 23.8 Å². The summed E-state index contributed by atoms with van der Waals surface area (Å²) in [4.78, 5) is 29.7. The number of aliphatic hydroxyl groups excluding tert-OH is 1. The molecule has 2 unspecified atom stereocenters. The lowest BCUT2D eigenvalue weighted by atomic mass is 10.0. The summed E-state index contributed by atoms with van der Waals surface area (Å²) in [6.45, 7) is 1.70. The van der Waals surface area contributed by atoms with Crippen molar-refractivity contribution in [1.29, 1.82) is 0 Å². The predicted octanol–water partition coefficient (Wildman–Crippen LogP) is 1.55. The van der Waals surface area contributed by atoms with Crippen LogP contribution in [0.25, 0.3) is 11.3 Å². The first-order chi connectivity index (χ1) is 13.8. The standard InChI is InChI=1S/C20H20FN3O4S/c1-3-24(2)20(27)14(25)6-4-11-5-7-15-13(8-11)16-17(12(9-21)10-28-15)29-19(23-16)18(22)26/h5,7-8,12,14,25H,3,9-10H2,1-2H3,(H2,22,26). The topological polar surface area (TPSA) is 106 Å². The third kappa shape index (κ3) is 4.23. The first-order valence-corrected chi connectivity index (χ1v) is 9.75. The summed E-state index contributed by atoms with van der Waals surface area (Å²) in [5.41, 5.74) is 6.84. The molecule has 2 amide bonds. The summed E-state index contributed by atoms with van der Waals surface area (Å²) in [5, 5.41) is 10.1. The molecule has 0 saturated heterocycles. The molecule has 1 aromatic heterocycles. The number of primary amides is 1. The predicted molar refractivity (Wildman–Crippen MR) is 106 cm³/mol. The molecule has 152 valence electrons. The van der Waals surface area contributed by atoms with Gasteiger partial charge in [0.15, 0.2) is 11.1 Å². The summed E-state index contributed by atoms with van der Waals surface area (Å²) in [6.07, 6.45) is -1.44. The average Bonchev–Trinajstić information content (AvgIpc) is 3.11. The monoisotopic (exact) mass is 417 g/mol. The van der Waals surface area contributed by atoms with E-state index in [0.717, 1.165) is 11.3 Å². The number of ether oxygens (including phenoxy) is 1. The Kier molecular flexibility index (Phi) is 6.15. The van der Waals surface area contributed by atoms with E-state index in [-0.39, 0.29) is 11.6 Å². The molecule has 2 atom stereocenters. The van der Waals surface area contributed by atoms with E-state index in [1.165, 1.54) is 4.90 Å². The normalized spacial score (nSPS) is 15.7. The number of carbonyl (C=O) groups excluding carboxylic acids is 2. The number of carbonyl (C=O) groups is 2. The molecule has 2 heterocycles. The second-order valence-electron chi connectivity index (χ2n) is 6.49. The van der Waals surface area contributed by atoms with Crippen LogP contribution < -0.4 is 10.5 Å². The van der Waals surface area contributed by atoms with Crippen molar-refractivity contribution in [2.45, 2.75) is 18.9 Å². The van der Waals surface area contributed by atoms with Crippen molar-refractivity contribution in [2.24, 2.45) is 5.73 Å². The molecule has 29 heavy (non-hydrogen) atoms. The van der Waals surface area contributed by atoms with Gasteiger partial charge < -0.3 is 20.5 Å². The Morgan fingerprint density at radius 1 is 1.52 bits per heavy atom. The number of amides is 2. The van der Waals surface area contributed by atoms with Crippen LogP contribution in [-0.2, 0) is 4.79 Å². The highest BCUT2D eigenvalue weighted by Gasteiger charge is 2.29. The van der Waals surface area contributed by atoms with Gasteiger partial charge in [-0.05, 0) is 25.1 Å². The SMILES string of the molecule is CCN(C)C(=O)C(O)C#Cc1ccc2c(c1)-c1nc(C(N)=O)sc1C(CF)CO2. The molecule has 1 aliphatic rings. The van der Waals surface area contributed by atoms with E-state index in [1.807, 2.05) is 0 Å². The van der Waals surface area contributed by atoms with E-state index in [9.17, 15) is 19.1 Å². The number of benzene rings is 1. The molecule has 0 radical (unpaired) electrons. The van der Waals surface area contributed by atoms with Gasteiger partial charge in [-0.25, -0.2) is 4.98 Å². The van der Waals surface area contributed by atoms with Crippen LogP contribution in [-0.4, -0.2) is 59.8 Å². The van der Waals surface area contributed by atoms with Crippen molar-refractivity contribution in [3.05, 3.63) is 33.6 Å². The minimum atomic E-state index is -1.44. The highest BCUT2D eigenvalue weighted by atomic mass is 32.1. The Morgan fingerprint density at radius 2 is 2.28 bits per heavy atom. The van der Waals surface area contributed by atoms with E-state index in [0.29, 0.717) is 34.0 Å². The lowest BCUT2D eigenvalue weighted by molar-refractivity contribution is -0.135. The van der Waals surface area contributed by atoms with Crippen LogP contribution in [0, 0.1) is 11.8 Å². The van der Waals surface area contributed by atoms with Gasteiger partial charge in [0.25, 0.3) is 11.8 Å². The van der Waals surface area contributed by atoms with Crippen LogP contribution in [0.3, 0.4) is 0 Å². The lowest BCUT2D eigenvalue weighted by Crippen LogP contribution is -2.35. The number of fused-ring (bicyclic) bond motifs is 3. The van der Waals surface area contributed by atoms with Crippen molar-refractivity contribution in [2.75, 3.05) is 26.9 Å². The summed E-state index contributed by atoms with van der Waals surface area (Å²) in [7, 11) is 1.58. The number of rotatable bonds is 4. The number of aromatic nitrogens is 1. The van der Waals surface area contributed by atoms with Gasteiger partial charge in [0.1, 0.15) is 12.4 Å². The Bertz CT molecular complexity index is 1010. The van der Waals surface area contributed by atoms with E-state index < -0.39 is 30.5 Å². The number of nitrogens with two attached hydrogens (primary N) is 1. The molecule has 0 spiro atoms. The molecule has 0 bridgehead atoms. The zero-order valence-electron chi connectivity index (χ0n) is 15.9. The maximum atomic E-state index is 13.5. The number of halogens is 1. The van der Waals surface area contributed by atoms with Crippen LogP contribution in [0.2, 0.25) is 0 Å². The van der Waals surface area contributed by atoms with E-state index >= 15 is 0 Å². The van der Waals surface area contributed by atoms with Gasteiger partial charge in [0.05, 0.1) is 18.2 Å². The van der Waals surface area contributed by atoms with E-state index in [1.54, 1.807) is 32.2 Å². The highest BCUT2D eigenvalue weighted by Crippen LogP contribution is 2.42. The van der Waals surface area contributed by atoms with Crippen LogP contribution >= 0.6 is 11.3 Å². The Morgan fingerprint density at radius 3 is 2.93 bits per heavy atom. The molecular formula is C20H20FN3O4S. The van der Waals surface area contributed by atoms with Gasteiger partial charge in [-0.3, -0.25) is 14.0 Å². The molecular weight excluding hydrogens is 397 g/mol. The first-order valence-electron chi connectivity index (χ1n) is 8.94. The van der Waals surface area contributed by atoms with Gasteiger partial charge in [-0.15, -0.1) is 11.3 Å². The maximum absolute atomic E-state index is 13.5. The third-order valence-electron chi connectivity index (χ3n) is 4.53. The minimum absolute atomic E-state index is 0.0985. The van der Waals surface area contributed by atoms with Crippen molar-refractivity contribution in [1.82, 2.24) is 9.88 Å². The van der Waals surface area contributed by atoms with Crippen LogP contribution in [0.15, 0.2) is 18.2 Å². The second kappa shape index (κ2) is 8.59. The number of thiazole rings is 1. The van der Waals surface area contributed by atoms with Gasteiger partial charge in [-0.2, -0.15) is 0 Å². The highest BCUT2D eigenvalue weighted by molar-refractivity contribution is 7.14. The number of nitrogens with zero attached hydrogens (tertiary/aromatic N) is 2. The zero-order chi connectivity index (χ0) is 21.1. The fraction of sp³-hybridized carbons (Fsp3) is 0.350. The summed E-state index contributed by atoms with van der Waals surface area (Å²) >= 11 is 1.05. The first kappa shape index (κ1) is 20.8. The number of hydrogen-bond donors (Lipinski definition) is 2. The second-order valence-corrected chi connectivity index (χ2v) is 7.52. The molecule has 0 fully saturated rings. The molecule has 0 aliphatic carbocycles. The number of alkyl halides is 1. The zero-order valence-corrected chi connectivity index (χ0v) is 16.8. The molecule has 0 saturated carbocycles. The van der Waals surface area contributed by atoms with Gasteiger partial charge in [0, 0.05) is 29.6 Å². The molecule has 7 nitrogen and oxygen atoms in total. The molecule has 3 rings (SSSR count). The number of hydrogen-bond acceptors (Lipinski definition) is 6. The lowest BCUT2D eigenvalue weighted by Gasteiger charge is -2.15. The Balaban J connectivity index is 2.00. The minimum Gasteiger partial charge on any atom is -0.492 e. The van der Waals surface area contributed by atoms with Gasteiger partial charge >= 0.3 is 0 Å². The van der Waals surface area contributed by atoms with Crippen LogP contribution in [0.5, 0.6) is 5.75 Å².